The minimum absolute atomic E-state index is 0.172. The second-order valence-corrected chi connectivity index (χ2v) is 12.1. The van der Waals surface area contributed by atoms with Crippen molar-refractivity contribution in [2.45, 2.75) is 108 Å². The third-order valence-electron chi connectivity index (χ3n) is 9.96. The number of rotatable bonds is 5. The van der Waals surface area contributed by atoms with E-state index in [9.17, 15) is 19.5 Å². The van der Waals surface area contributed by atoms with Crippen LogP contribution in [-0.2, 0) is 11.3 Å². The molecule has 2 aromatic rings. The summed E-state index contributed by atoms with van der Waals surface area (Å²) in [5.74, 6) is 1.55. The molecule has 36 heavy (non-hydrogen) atoms. The van der Waals surface area contributed by atoms with Crippen LogP contribution in [0.15, 0.2) is 33.9 Å². The lowest BCUT2D eigenvalue weighted by Gasteiger charge is -2.55. The number of nitrogens with zero attached hydrogens (tertiary/aromatic N) is 3. The first-order valence-electron chi connectivity index (χ1n) is 14.2. The van der Waals surface area contributed by atoms with Gasteiger partial charge in [-0.15, -0.1) is 0 Å². The van der Waals surface area contributed by atoms with Gasteiger partial charge in [-0.05, 0) is 87.7 Å². The molecule has 1 N–H and O–H groups in total. The summed E-state index contributed by atoms with van der Waals surface area (Å²) in [6.07, 6.45) is 13.2. The van der Waals surface area contributed by atoms with Crippen molar-refractivity contribution in [2.75, 3.05) is 0 Å². The molecule has 0 spiro atoms. The molecule has 6 rings (SSSR count). The number of hydrogen-bond acceptors (Lipinski definition) is 4. The van der Waals surface area contributed by atoms with E-state index in [4.69, 9.17) is 0 Å². The summed E-state index contributed by atoms with van der Waals surface area (Å²) in [6.45, 7) is 1.91. The summed E-state index contributed by atoms with van der Waals surface area (Å²) in [5, 5.41) is 9.91. The van der Waals surface area contributed by atoms with Crippen molar-refractivity contribution in [3.63, 3.8) is 0 Å². The monoisotopic (exact) mass is 493 g/mol. The van der Waals surface area contributed by atoms with Gasteiger partial charge in [0.05, 0.1) is 10.9 Å². The molecule has 4 aliphatic rings. The Morgan fingerprint density at radius 1 is 0.889 bits per heavy atom. The second-order valence-electron chi connectivity index (χ2n) is 12.1. The number of piperidine rings is 2. The van der Waals surface area contributed by atoms with Crippen molar-refractivity contribution in [1.82, 2.24) is 14.0 Å². The number of hydrogen-bond donors (Lipinski definition) is 1. The molecule has 4 fully saturated rings. The molecule has 7 nitrogen and oxygen atoms in total. The Hall–Kier alpha value is -2.41. The lowest BCUT2D eigenvalue weighted by atomic mass is 9.64. The van der Waals surface area contributed by atoms with Gasteiger partial charge in [-0.25, -0.2) is 4.79 Å². The zero-order valence-electron chi connectivity index (χ0n) is 21.3. The molecule has 3 heterocycles. The van der Waals surface area contributed by atoms with Crippen molar-refractivity contribution < 1.29 is 9.90 Å². The van der Waals surface area contributed by atoms with E-state index in [1.165, 1.54) is 54.1 Å². The van der Waals surface area contributed by atoms with Crippen molar-refractivity contribution in [2.24, 2.45) is 17.8 Å². The molecule has 2 unspecified atom stereocenters. The molecule has 194 valence electrons. The SMILES string of the molecule is CCC1C[C@@H]2CC(N3[C@@H]4CCC[C@H]3C[C@@H](n3c(=O)c5ccccc5n(CC(=O)O)c3=O)C4)C[C@H](C1)C2. The molecule has 7 atom stereocenters. The van der Waals surface area contributed by atoms with Gasteiger partial charge >= 0.3 is 11.7 Å². The van der Waals surface area contributed by atoms with E-state index in [1.54, 1.807) is 24.3 Å². The summed E-state index contributed by atoms with van der Waals surface area (Å²) < 4.78 is 2.68. The second kappa shape index (κ2) is 9.47. The number of fused-ring (bicyclic) bond motifs is 5. The third-order valence-corrected chi connectivity index (χ3v) is 9.96. The van der Waals surface area contributed by atoms with Gasteiger partial charge in [0.2, 0.25) is 0 Å². The first kappa shape index (κ1) is 24.0. The zero-order valence-corrected chi connectivity index (χ0v) is 21.3. The lowest BCUT2D eigenvalue weighted by Crippen LogP contribution is -2.59. The third kappa shape index (κ3) is 4.13. The fraction of sp³-hybridized carbons (Fsp3) is 0.690. The molecule has 0 radical (unpaired) electrons. The van der Waals surface area contributed by atoms with Gasteiger partial charge < -0.3 is 5.11 Å². The van der Waals surface area contributed by atoms with E-state index in [1.807, 2.05) is 0 Å². The van der Waals surface area contributed by atoms with Gasteiger partial charge in [-0.1, -0.05) is 31.9 Å². The Morgan fingerprint density at radius 2 is 1.56 bits per heavy atom. The maximum atomic E-state index is 13.6. The molecule has 0 amide bonds. The lowest BCUT2D eigenvalue weighted by molar-refractivity contribution is -0.137. The highest BCUT2D eigenvalue weighted by Crippen LogP contribution is 2.48. The topological polar surface area (TPSA) is 84.5 Å². The average Bonchev–Trinajstić information content (AvgIpc) is 2.85. The number of aliphatic carboxylic acids is 1. The van der Waals surface area contributed by atoms with Crippen LogP contribution in [0.5, 0.6) is 0 Å². The van der Waals surface area contributed by atoms with E-state index in [0.717, 1.165) is 43.4 Å². The highest BCUT2D eigenvalue weighted by Gasteiger charge is 2.46. The molecule has 4 bridgehead atoms. The van der Waals surface area contributed by atoms with Crippen molar-refractivity contribution in [3.8, 4) is 0 Å². The normalized spacial score (nSPS) is 34.5. The van der Waals surface area contributed by atoms with E-state index >= 15 is 0 Å². The average molecular weight is 494 g/mol. The predicted molar refractivity (Wildman–Crippen MR) is 139 cm³/mol. The zero-order chi connectivity index (χ0) is 25.0. The Balaban J connectivity index is 1.31. The van der Waals surface area contributed by atoms with Gasteiger partial charge in [0.25, 0.3) is 5.56 Å². The van der Waals surface area contributed by atoms with E-state index in [-0.39, 0.29) is 11.6 Å². The number of para-hydroxylation sites is 1. The fourth-order valence-corrected chi connectivity index (χ4v) is 8.68. The van der Waals surface area contributed by atoms with Crippen molar-refractivity contribution in [3.05, 3.63) is 45.1 Å². The molecule has 2 saturated heterocycles. The highest BCUT2D eigenvalue weighted by molar-refractivity contribution is 5.79. The fourth-order valence-electron chi connectivity index (χ4n) is 8.68. The van der Waals surface area contributed by atoms with Gasteiger partial charge in [0.15, 0.2) is 0 Å². The van der Waals surface area contributed by atoms with Crippen LogP contribution < -0.4 is 11.2 Å². The molecule has 1 aromatic heterocycles. The van der Waals surface area contributed by atoms with Crippen LogP contribution in [0.25, 0.3) is 10.9 Å². The Bertz CT molecular complexity index is 1240. The molecular weight excluding hydrogens is 454 g/mol. The van der Waals surface area contributed by atoms with Crippen molar-refractivity contribution >= 4 is 16.9 Å². The number of carboxylic acids is 1. The minimum atomic E-state index is -1.08. The molecule has 1 aromatic carbocycles. The number of aromatic nitrogens is 2. The molecule has 2 aliphatic heterocycles. The summed E-state index contributed by atoms with van der Waals surface area (Å²) in [7, 11) is 0. The molecular formula is C29H39N3O4. The summed E-state index contributed by atoms with van der Waals surface area (Å²) in [4.78, 5) is 41.6. The number of benzene rings is 1. The summed E-state index contributed by atoms with van der Waals surface area (Å²) in [6, 6.07) is 8.18. The Labute approximate surface area is 212 Å². The van der Waals surface area contributed by atoms with E-state index in [2.05, 4.69) is 11.8 Å². The molecule has 2 aliphatic carbocycles. The molecule has 2 saturated carbocycles. The minimum Gasteiger partial charge on any atom is -0.480 e. The van der Waals surface area contributed by atoms with Crippen LogP contribution in [0.3, 0.4) is 0 Å². The van der Waals surface area contributed by atoms with Crippen LogP contribution >= 0.6 is 0 Å². The standard InChI is InChI=1S/C29H39N3O4/c1-2-18-10-19-12-20(11-18)14-23(13-19)31-21-6-5-7-22(31)16-24(15-21)32-28(35)25-8-3-4-9-26(25)30(29(32)36)17-27(33)34/h3-4,8-9,18-24H,2,5-7,10-17H2,1H3,(H,33,34)/t18?,19-,20+,21-,22+,23?,24+. The Kier molecular flexibility index (Phi) is 6.30. The first-order chi connectivity index (χ1) is 17.4. The Morgan fingerprint density at radius 3 is 2.19 bits per heavy atom. The van der Waals surface area contributed by atoms with Gasteiger partial charge in [-0.3, -0.25) is 23.6 Å². The van der Waals surface area contributed by atoms with Crippen LogP contribution in [0.2, 0.25) is 0 Å². The molecule has 7 heteroatoms. The number of carbonyl (C=O) groups is 1. The van der Waals surface area contributed by atoms with Crippen LogP contribution in [0.1, 0.15) is 83.6 Å². The smallest absolute Gasteiger partial charge is 0.332 e. The quantitative estimate of drug-likeness (QED) is 0.667. The maximum Gasteiger partial charge on any atom is 0.332 e. The van der Waals surface area contributed by atoms with Crippen LogP contribution in [-0.4, -0.2) is 43.2 Å². The summed E-state index contributed by atoms with van der Waals surface area (Å²) >= 11 is 0. The van der Waals surface area contributed by atoms with E-state index in [0.29, 0.717) is 29.0 Å². The van der Waals surface area contributed by atoms with Gasteiger partial charge in [-0.2, -0.15) is 0 Å². The predicted octanol–water partition coefficient (Wildman–Crippen LogP) is 4.41. The van der Waals surface area contributed by atoms with Crippen molar-refractivity contribution in [1.29, 1.82) is 0 Å². The largest absolute Gasteiger partial charge is 0.480 e. The van der Waals surface area contributed by atoms with E-state index < -0.39 is 18.2 Å². The maximum absolute atomic E-state index is 13.6. The van der Waals surface area contributed by atoms with Crippen LogP contribution in [0, 0.1) is 17.8 Å². The number of carboxylic acid groups (broad SMARTS) is 1. The summed E-state index contributed by atoms with van der Waals surface area (Å²) in [5.41, 5.74) is -0.343. The van der Waals surface area contributed by atoms with Crippen LogP contribution in [0.4, 0.5) is 0 Å². The van der Waals surface area contributed by atoms with Gasteiger partial charge in [0, 0.05) is 24.2 Å². The highest BCUT2D eigenvalue weighted by atomic mass is 16.4. The first-order valence-corrected chi connectivity index (χ1v) is 14.2. The van der Waals surface area contributed by atoms with Gasteiger partial charge in [0.1, 0.15) is 6.54 Å².